The van der Waals surface area contributed by atoms with Crippen molar-refractivity contribution < 1.29 is 28.5 Å². The van der Waals surface area contributed by atoms with Gasteiger partial charge in [0.2, 0.25) is 0 Å². The number of aliphatic hydroxyl groups excluding tert-OH is 2. The molecule has 0 saturated carbocycles. The van der Waals surface area contributed by atoms with Crippen LogP contribution >= 0.6 is 0 Å². The van der Waals surface area contributed by atoms with Gasteiger partial charge in [0.15, 0.2) is 6.10 Å². The first-order valence-electron chi connectivity index (χ1n) is 4.03. The lowest BCUT2D eigenvalue weighted by Gasteiger charge is -2.15. The third-order valence-corrected chi connectivity index (χ3v) is 1.90. The van der Waals surface area contributed by atoms with Crippen LogP contribution in [0.15, 0.2) is 18.2 Å². The first-order valence-corrected chi connectivity index (χ1v) is 4.03. The van der Waals surface area contributed by atoms with Crippen LogP contribution in [-0.4, -0.2) is 21.5 Å². The van der Waals surface area contributed by atoms with Crippen molar-refractivity contribution >= 4 is 0 Å². The third-order valence-electron chi connectivity index (χ3n) is 1.90. The number of aliphatic hydroxyl groups is 2. The molecule has 0 amide bonds. The van der Waals surface area contributed by atoms with Gasteiger partial charge in [-0.1, -0.05) is 6.07 Å². The molecule has 0 heterocycles. The summed E-state index contributed by atoms with van der Waals surface area (Å²) >= 11 is 0. The molecule has 3 nitrogen and oxygen atoms in total. The summed E-state index contributed by atoms with van der Waals surface area (Å²) in [6, 6.07) is 2.86. The molecule has 3 N–H and O–H groups in total. The summed E-state index contributed by atoms with van der Waals surface area (Å²) in [6.07, 6.45) is -7.37. The van der Waals surface area contributed by atoms with E-state index in [9.17, 15) is 13.2 Å². The van der Waals surface area contributed by atoms with E-state index in [1.54, 1.807) is 0 Å². The minimum atomic E-state index is -4.76. The molecule has 0 fully saturated rings. The smallest absolute Gasteiger partial charge is 0.418 e. The van der Waals surface area contributed by atoms with E-state index in [2.05, 4.69) is 0 Å². The number of hydrogen-bond donors (Lipinski definition) is 3. The SMILES string of the molecule is OCc1cc(C(O)C(F)(F)F)ccc1O. The van der Waals surface area contributed by atoms with Crippen molar-refractivity contribution in [2.75, 3.05) is 0 Å². The molecule has 6 heteroatoms. The lowest BCUT2D eigenvalue weighted by Crippen LogP contribution is -2.20. The van der Waals surface area contributed by atoms with Crippen molar-refractivity contribution in [3.8, 4) is 5.75 Å². The summed E-state index contributed by atoms with van der Waals surface area (Å²) in [5.41, 5.74) is -0.472. The second kappa shape index (κ2) is 4.08. The van der Waals surface area contributed by atoms with Crippen LogP contribution < -0.4 is 0 Å². The predicted molar refractivity (Wildman–Crippen MR) is 45.0 cm³/mol. The zero-order chi connectivity index (χ0) is 11.6. The number of phenols is 1. The predicted octanol–water partition coefficient (Wildman–Crippen LogP) is 1.48. The van der Waals surface area contributed by atoms with Gasteiger partial charge in [0.05, 0.1) is 6.61 Å². The van der Waals surface area contributed by atoms with Crippen LogP contribution in [0.1, 0.15) is 17.2 Å². The standard InChI is InChI=1S/C9H9F3O3/c10-9(11,12)8(15)5-1-2-7(14)6(3-5)4-13/h1-3,8,13-15H,4H2. The highest BCUT2D eigenvalue weighted by Gasteiger charge is 2.39. The molecule has 0 aliphatic carbocycles. The molecule has 84 valence electrons. The van der Waals surface area contributed by atoms with E-state index in [-0.39, 0.29) is 11.3 Å². The van der Waals surface area contributed by atoms with Gasteiger partial charge in [-0.15, -0.1) is 0 Å². The van der Waals surface area contributed by atoms with E-state index in [1.807, 2.05) is 0 Å². The lowest BCUT2D eigenvalue weighted by molar-refractivity contribution is -0.206. The number of rotatable bonds is 2. The quantitative estimate of drug-likeness (QED) is 0.710. The molecule has 0 spiro atoms. The molecule has 0 aliphatic heterocycles. The van der Waals surface area contributed by atoms with E-state index >= 15 is 0 Å². The Kier molecular flexibility index (Phi) is 3.21. The summed E-state index contributed by atoms with van der Waals surface area (Å²) < 4.78 is 36.3. The van der Waals surface area contributed by atoms with Crippen LogP contribution in [0.5, 0.6) is 5.75 Å². The molecule has 1 atom stereocenters. The molecule has 1 aromatic carbocycles. The van der Waals surface area contributed by atoms with Gasteiger partial charge in [-0.05, 0) is 17.7 Å². The second-order valence-corrected chi connectivity index (χ2v) is 2.99. The van der Waals surface area contributed by atoms with Crippen LogP contribution in [0.3, 0.4) is 0 Å². The zero-order valence-corrected chi connectivity index (χ0v) is 7.49. The van der Waals surface area contributed by atoms with Crippen molar-refractivity contribution in [3.63, 3.8) is 0 Å². The maximum absolute atomic E-state index is 12.1. The van der Waals surface area contributed by atoms with Gasteiger partial charge in [-0.2, -0.15) is 13.2 Å². The monoisotopic (exact) mass is 222 g/mol. The Labute approximate surface area is 83.4 Å². The average molecular weight is 222 g/mol. The van der Waals surface area contributed by atoms with E-state index < -0.39 is 24.5 Å². The molecule has 0 bridgehead atoms. The van der Waals surface area contributed by atoms with Gasteiger partial charge in [0.25, 0.3) is 0 Å². The number of benzene rings is 1. The zero-order valence-electron chi connectivity index (χ0n) is 7.49. The first-order chi connectivity index (χ1) is 6.86. The van der Waals surface area contributed by atoms with Crippen LogP contribution in [0.25, 0.3) is 0 Å². The van der Waals surface area contributed by atoms with E-state index in [4.69, 9.17) is 15.3 Å². The Hall–Kier alpha value is -1.27. The topological polar surface area (TPSA) is 60.7 Å². The fourth-order valence-corrected chi connectivity index (χ4v) is 1.09. The summed E-state index contributed by atoms with van der Waals surface area (Å²) in [4.78, 5) is 0. The van der Waals surface area contributed by atoms with Gasteiger partial charge in [0.1, 0.15) is 5.75 Å². The molecule has 0 aromatic heterocycles. The Balaban J connectivity index is 3.06. The maximum atomic E-state index is 12.1. The minimum Gasteiger partial charge on any atom is -0.508 e. The molecule has 1 unspecified atom stereocenters. The number of hydrogen-bond acceptors (Lipinski definition) is 3. The van der Waals surface area contributed by atoms with Gasteiger partial charge in [0, 0.05) is 5.56 Å². The molecule has 0 aliphatic rings. The largest absolute Gasteiger partial charge is 0.508 e. The highest BCUT2D eigenvalue weighted by molar-refractivity contribution is 5.36. The number of halogens is 3. The van der Waals surface area contributed by atoms with Crippen LogP contribution in [0.4, 0.5) is 13.2 Å². The molecule has 0 radical (unpaired) electrons. The Bertz CT molecular complexity index is 349. The fraction of sp³-hybridized carbons (Fsp3) is 0.333. The lowest BCUT2D eigenvalue weighted by atomic mass is 10.1. The van der Waals surface area contributed by atoms with E-state index in [1.165, 1.54) is 0 Å². The van der Waals surface area contributed by atoms with E-state index in [0.29, 0.717) is 0 Å². The molecular weight excluding hydrogens is 213 g/mol. The van der Waals surface area contributed by atoms with Gasteiger partial charge in [-0.3, -0.25) is 0 Å². The summed E-state index contributed by atoms with van der Waals surface area (Å²) in [6.45, 7) is -0.593. The van der Waals surface area contributed by atoms with E-state index in [0.717, 1.165) is 18.2 Å². The van der Waals surface area contributed by atoms with Crippen LogP contribution in [-0.2, 0) is 6.61 Å². The van der Waals surface area contributed by atoms with Crippen molar-refractivity contribution in [3.05, 3.63) is 29.3 Å². The average Bonchev–Trinajstić information content (AvgIpc) is 2.16. The molecule has 1 aromatic rings. The molecular formula is C9H9F3O3. The second-order valence-electron chi connectivity index (χ2n) is 2.99. The molecule has 1 rings (SSSR count). The minimum absolute atomic E-state index is 0.0594. The first kappa shape index (κ1) is 11.8. The number of alkyl halides is 3. The summed E-state index contributed by atoms with van der Waals surface area (Å²) in [5, 5.41) is 26.7. The normalized spacial score (nSPS) is 13.9. The Morgan fingerprint density at radius 3 is 2.33 bits per heavy atom. The summed E-state index contributed by atoms with van der Waals surface area (Å²) in [7, 11) is 0. The van der Waals surface area contributed by atoms with Crippen LogP contribution in [0.2, 0.25) is 0 Å². The van der Waals surface area contributed by atoms with Crippen molar-refractivity contribution in [1.29, 1.82) is 0 Å². The fourth-order valence-electron chi connectivity index (χ4n) is 1.09. The third kappa shape index (κ3) is 2.60. The Morgan fingerprint density at radius 1 is 1.27 bits per heavy atom. The molecule has 0 saturated heterocycles. The van der Waals surface area contributed by atoms with Gasteiger partial charge in [-0.25, -0.2) is 0 Å². The van der Waals surface area contributed by atoms with Gasteiger partial charge < -0.3 is 15.3 Å². The summed E-state index contributed by atoms with van der Waals surface area (Å²) in [5.74, 6) is -0.310. The molecule has 15 heavy (non-hydrogen) atoms. The highest BCUT2D eigenvalue weighted by Crippen LogP contribution is 2.34. The van der Waals surface area contributed by atoms with Crippen LogP contribution in [0, 0.1) is 0 Å². The maximum Gasteiger partial charge on any atom is 0.418 e. The van der Waals surface area contributed by atoms with Gasteiger partial charge >= 0.3 is 6.18 Å². The highest BCUT2D eigenvalue weighted by atomic mass is 19.4. The van der Waals surface area contributed by atoms with Crippen molar-refractivity contribution in [1.82, 2.24) is 0 Å². The Morgan fingerprint density at radius 2 is 1.87 bits per heavy atom. The number of aromatic hydroxyl groups is 1. The van der Waals surface area contributed by atoms with Crippen molar-refractivity contribution in [2.45, 2.75) is 18.9 Å². The van der Waals surface area contributed by atoms with Crippen molar-refractivity contribution in [2.24, 2.45) is 0 Å².